The fraction of sp³-hybridized carbons (Fsp3) is 0.263. The van der Waals surface area contributed by atoms with E-state index in [9.17, 15) is 18.8 Å². The number of benzene rings is 1. The largest absolute Gasteiger partial charge is 0.462 e. The predicted octanol–water partition coefficient (Wildman–Crippen LogP) is 2.56. The van der Waals surface area contributed by atoms with Crippen molar-refractivity contribution < 1.29 is 23.1 Å². The molecule has 1 amide bonds. The number of hydrogen-bond acceptors (Lipinski definition) is 6. The monoisotopic (exact) mass is 387 g/mol. The molecule has 0 bridgehead atoms. The van der Waals surface area contributed by atoms with E-state index < -0.39 is 29.8 Å². The normalized spacial score (nSPS) is 10.9. The van der Waals surface area contributed by atoms with Crippen molar-refractivity contribution in [3.63, 3.8) is 0 Å². The van der Waals surface area contributed by atoms with Crippen LogP contribution in [0.1, 0.15) is 28.6 Å². The molecule has 0 fully saturated rings. The third-order valence-corrected chi connectivity index (χ3v) is 4.05. The van der Waals surface area contributed by atoms with Crippen LogP contribution in [0.3, 0.4) is 0 Å². The first-order chi connectivity index (χ1) is 13.3. The highest BCUT2D eigenvalue weighted by Crippen LogP contribution is 2.22. The number of esters is 1. The molecular weight excluding hydrogens is 369 g/mol. The van der Waals surface area contributed by atoms with Crippen LogP contribution in [0, 0.1) is 19.7 Å². The average molecular weight is 387 g/mol. The summed E-state index contributed by atoms with van der Waals surface area (Å²) in [5, 5.41) is 2.35. The Morgan fingerprint density at radius 1 is 1.32 bits per heavy atom. The zero-order valence-corrected chi connectivity index (χ0v) is 15.5. The zero-order chi connectivity index (χ0) is 20.4. The van der Waals surface area contributed by atoms with Gasteiger partial charge in [-0.25, -0.2) is 14.2 Å². The lowest BCUT2D eigenvalue weighted by Crippen LogP contribution is -2.28. The van der Waals surface area contributed by atoms with Gasteiger partial charge in [0.1, 0.15) is 35.4 Å². The summed E-state index contributed by atoms with van der Waals surface area (Å²) in [6.45, 7) is 4.60. The molecule has 1 aromatic carbocycles. The maximum absolute atomic E-state index is 13.9. The smallest absolute Gasteiger partial charge is 0.342 e. The van der Waals surface area contributed by atoms with Crippen molar-refractivity contribution in [3.05, 3.63) is 57.6 Å². The van der Waals surface area contributed by atoms with Crippen LogP contribution >= 0.6 is 0 Å². The Kier molecular flexibility index (Phi) is 5.25. The van der Waals surface area contributed by atoms with Crippen LogP contribution in [0.15, 0.2) is 33.7 Å². The summed E-state index contributed by atoms with van der Waals surface area (Å²) in [4.78, 5) is 41.2. The number of nitrogens with zero attached hydrogens (tertiary/aromatic N) is 2. The summed E-state index contributed by atoms with van der Waals surface area (Å²) in [5.74, 6) is -1.71. The van der Waals surface area contributed by atoms with E-state index >= 15 is 0 Å². The third kappa shape index (κ3) is 3.64. The highest BCUT2D eigenvalue weighted by atomic mass is 19.1. The molecular formula is C19H18FN3O5. The van der Waals surface area contributed by atoms with Crippen LogP contribution in [-0.4, -0.2) is 28.0 Å². The fourth-order valence-corrected chi connectivity index (χ4v) is 2.77. The minimum Gasteiger partial charge on any atom is -0.462 e. The van der Waals surface area contributed by atoms with Gasteiger partial charge in [0.2, 0.25) is 11.6 Å². The van der Waals surface area contributed by atoms with Gasteiger partial charge in [0.05, 0.1) is 12.3 Å². The third-order valence-electron chi connectivity index (χ3n) is 4.05. The predicted molar refractivity (Wildman–Crippen MR) is 98.7 cm³/mol. The molecule has 0 aliphatic rings. The average Bonchev–Trinajstić information content (AvgIpc) is 2.97. The Hall–Kier alpha value is -3.49. The van der Waals surface area contributed by atoms with Gasteiger partial charge in [-0.05, 0) is 38.5 Å². The van der Waals surface area contributed by atoms with Gasteiger partial charge >= 0.3 is 5.97 Å². The van der Waals surface area contributed by atoms with Crippen LogP contribution < -0.4 is 10.9 Å². The van der Waals surface area contributed by atoms with Gasteiger partial charge in [0, 0.05) is 0 Å². The molecule has 0 spiro atoms. The van der Waals surface area contributed by atoms with E-state index in [4.69, 9.17) is 9.15 Å². The van der Waals surface area contributed by atoms with E-state index in [-0.39, 0.29) is 34.7 Å². The molecule has 0 aliphatic heterocycles. The first-order valence-corrected chi connectivity index (χ1v) is 8.53. The molecule has 3 aromatic rings. The number of hydrogen-bond donors (Lipinski definition) is 1. The van der Waals surface area contributed by atoms with E-state index in [0.717, 1.165) is 10.9 Å². The molecule has 2 heterocycles. The highest BCUT2D eigenvalue weighted by molar-refractivity contribution is 6.03. The second kappa shape index (κ2) is 7.63. The molecule has 3 rings (SSSR count). The van der Waals surface area contributed by atoms with Crippen LogP contribution in [0.2, 0.25) is 0 Å². The van der Waals surface area contributed by atoms with Gasteiger partial charge in [-0.15, -0.1) is 0 Å². The van der Waals surface area contributed by atoms with E-state index in [1.54, 1.807) is 19.9 Å². The van der Waals surface area contributed by atoms with Crippen molar-refractivity contribution in [1.29, 1.82) is 0 Å². The number of aryl methyl sites for hydroxylation is 2. The quantitative estimate of drug-likeness (QED) is 0.675. The first kappa shape index (κ1) is 19.3. The molecule has 9 heteroatoms. The molecule has 0 aliphatic carbocycles. The minimum absolute atomic E-state index is 0.00375. The van der Waals surface area contributed by atoms with Gasteiger partial charge in [0.25, 0.3) is 5.56 Å². The van der Waals surface area contributed by atoms with Crippen LogP contribution in [0.5, 0.6) is 0 Å². The number of amides is 1. The molecule has 0 atom stereocenters. The number of aromatic nitrogens is 2. The summed E-state index contributed by atoms with van der Waals surface area (Å²) >= 11 is 0. The fourth-order valence-electron chi connectivity index (χ4n) is 2.77. The Labute approximate surface area is 158 Å². The lowest BCUT2D eigenvalue weighted by molar-refractivity contribution is -0.116. The number of ether oxygens (including phenoxy) is 1. The number of carbonyl (C=O) groups excluding carboxylic acids is 2. The van der Waals surface area contributed by atoms with E-state index in [1.807, 2.05) is 0 Å². The van der Waals surface area contributed by atoms with Crippen LogP contribution in [0.25, 0.3) is 11.1 Å². The number of halogens is 1. The van der Waals surface area contributed by atoms with E-state index in [1.165, 1.54) is 19.1 Å². The number of rotatable bonds is 5. The van der Waals surface area contributed by atoms with Crippen molar-refractivity contribution in [2.45, 2.75) is 27.3 Å². The van der Waals surface area contributed by atoms with Crippen molar-refractivity contribution in [3.8, 4) is 0 Å². The standard InChI is InChI=1S/C19H18FN3O5/c1-4-27-19(26)15-11(3)28-17-16(15)18(25)23(9-21-17)8-14(24)22-13-6-5-10(2)7-12(13)20/h5-7,9H,4,8H2,1-3H3,(H,22,24). The molecule has 0 radical (unpaired) electrons. The lowest BCUT2D eigenvalue weighted by Gasteiger charge is -2.08. The molecule has 1 N–H and O–H groups in total. The lowest BCUT2D eigenvalue weighted by atomic mass is 10.2. The first-order valence-electron chi connectivity index (χ1n) is 8.53. The summed E-state index contributed by atoms with van der Waals surface area (Å²) in [6, 6.07) is 4.37. The van der Waals surface area contributed by atoms with Crippen LogP contribution in [0.4, 0.5) is 10.1 Å². The number of carbonyl (C=O) groups is 2. The summed E-state index contributed by atoms with van der Waals surface area (Å²) in [6.07, 6.45) is 1.13. The second-order valence-electron chi connectivity index (χ2n) is 6.14. The maximum atomic E-state index is 13.9. The van der Waals surface area contributed by atoms with Gasteiger partial charge in [0.15, 0.2) is 0 Å². The molecule has 0 saturated carbocycles. The molecule has 0 unspecified atom stereocenters. The molecule has 0 saturated heterocycles. The van der Waals surface area contributed by atoms with E-state index in [2.05, 4.69) is 10.3 Å². The SMILES string of the molecule is CCOC(=O)c1c(C)oc2ncn(CC(=O)Nc3ccc(C)cc3F)c(=O)c12. The summed E-state index contributed by atoms with van der Waals surface area (Å²) < 4.78 is 25.2. The van der Waals surface area contributed by atoms with E-state index in [0.29, 0.717) is 5.56 Å². The molecule has 8 nitrogen and oxygen atoms in total. The number of anilines is 1. The maximum Gasteiger partial charge on any atom is 0.342 e. The van der Waals surface area contributed by atoms with Crippen molar-refractivity contribution in [2.75, 3.05) is 11.9 Å². The zero-order valence-electron chi connectivity index (χ0n) is 15.5. The van der Waals surface area contributed by atoms with Gasteiger partial charge < -0.3 is 14.5 Å². The van der Waals surface area contributed by atoms with Crippen molar-refractivity contribution in [1.82, 2.24) is 9.55 Å². The second-order valence-corrected chi connectivity index (χ2v) is 6.14. The summed E-state index contributed by atoms with van der Waals surface area (Å²) in [5.41, 5.74) is 0.0390. The topological polar surface area (TPSA) is 103 Å². The Bertz CT molecular complexity index is 1130. The Morgan fingerprint density at radius 3 is 2.75 bits per heavy atom. The summed E-state index contributed by atoms with van der Waals surface area (Å²) in [7, 11) is 0. The van der Waals surface area contributed by atoms with Gasteiger partial charge in [-0.1, -0.05) is 6.07 Å². The minimum atomic E-state index is -0.707. The number of nitrogens with one attached hydrogen (secondary N) is 1. The number of fused-ring (bicyclic) bond motifs is 1. The van der Waals surface area contributed by atoms with Crippen molar-refractivity contribution >= 4 is 28.7 Å². The van der Waals surface area contributed by atoms with Crippen LogP contribution in [-0.2, 0) is 16.1 Å². The van der Waals surface area contributed by atoms with Gasteiger partial charge in [-0.3, -0.25) is 14.2 Å². The Morgan fingerprint density at radius 2 is 2.07 bits per heavy atom. The van der Waals surface area contributed by atoms with Crippen molar-refractivity contribution in [2.24, 2.45) is 0 Å². The molecule has 28 heavy (non-hydrogen) atoms. The number of furan rings is 1. The molecule has 2 aromatic heterocycles. The molecule has 146 valence electrons. The Balaban J connectivity index is 1.92. The van der Waals surface area contributed by atoms with Gasteiger partial charge in [-0.2, -0.15) is 0 Å². The highest BCUT2D eigenvalue weighted by Gasteiger charge is 2.24.